The zero-order valence-electron chi connectivity index (χ0n) is 11.3. The van der Waals surface area contributed by atoms with Gasteiger partial charge in [0.25, 0.3) is 14.2 Å². The fourth-order valence-electron chi connectivity index (χ4n) is 2.76. The lowest BCUT2D eigenvalue weighted by Gasteiger charge is -2.29. The minimum absolute atomic E-state index is 0.0215. The summed E-state index contributed by atoms with van der Waals surface area (Å²) in [6.45, 7) is 2.00. The van der Waals surface area contributed by atoms with Crippen molar-refractivity contribution in [3.05, 3.63) is 5.82 Å². The maximum atomic E-state index is 12.6. The van der Waals surface area contributed by atoms with E-state index in [0.29, 0.717) is 25.2 Å². The van der Waals surface area contributed by atoms with E-state index in [-0.39, 0.29) is 23.9 Å². The number of hydrogen-bond donors (Lipinski definition) is 0. The van der Waals surface area contributed by atoms with Crippen LogP contribution in [-0.4, -0.2) is 29.4 Å². The lowest BCUT2D eigenvalue weighted by atomic mass is 9.81. The third kappa shape index (κ3) is 3.50. The van der Waals surface area contributed by atoms with Crippen LogP contribution in [0.4, 0.5) is 13.2 Å². The first kappa shape index (κ1) is 16.5. The summed E-state index contributed by atoms with van der Waals surface area (Å²) >= 11 is 0. The highest BCUT2D eigenvalue weighted by Gasteiger charge is 2.42. The first-order valence-electron chi connectivity index (χ1n) is 6.59. The molecule has 0 aliphatic heterocycles. The first-order chi connectivity index (χ1) is 9.64. The zero-order chi connectivity index (χ0) is 15.8. The van der Waals surface area contributed by atoms with Crippen LogP contribution in [0.15, 0.2) is 5.16 Å². The van der Waals surface area contributed by atoms with Crippen molar-refractivity contribution in [1.29, 1.82) is 0 Å². The lowest BCUT2D eigenvalue weighted by molar-refractivity contribution is -0.182. The lowest BCUT2D eigenvalue weighted by Crippen LogP contribution is -2.28. The van der Waals surface area contributed by atoms with E-state index in [1.165, 1.54) is 4.57 Å². The van der Waals surface area contributed by atoms with Gasteiger partial charge in [-0.3, -0.25) is 0 Å². The molecule has 0 bridgehead atoms. The molecule has 1 aromatic heterocycles. The van der Waals surface area contributed by atoms with E-state index in [1.807, 2.05) is 0 Å². The van der Waals surface area contributed by atoms with E-state index in [9.17, 15) is 21.6 Å². The molecule has 1 aromatic rings. The summed E-state index contributed by atoms with van der Waals surface area (Å²) < 4.78 is 62.1. The topological polar surface area (TPSA) is 64.8 Å². The minimum atomic E-state index is -4.17. The molecule has 0 spiro atoms. The van der Waals surface area contributed by atoms with Gasteiger partial charge in [0.2, 0.25) is 0 Å². The van der Waals surface area contributed by atoms with Gasteiger partial charge in [-0.1, -0.05) is 0 Å². The summed E-state index contributed by atoms with van der Waals surface area (Å²) in [7, 11) is 1.26. The Hall–Kier alpha value is -0.830. The number of aromatic nitrogens is 3. The monoisotopic (exact) mass is 345 g/mol. The van der Waals surface area contributed by atoms with Gasteiger partial charge in [-0.2, -0.15) is 13.2 Å². The second kappa shape index (κ2) is 5.75. The fraction of sp³-hybridized carbons (Fsp3) is 0.818. The molecule has 1 fully saturated rings. The van der Waals surface area contributed by atoms with Crippen LogP contribution in [0.3, 0.4) is 0 Å². The van der Waals surface area contributed by atoms with Gasteiger partial charge >= 0.3 is 6.18 Å². The highest BCUT2D eigenvalue weighted by molar-refractivity contribution is 8.13. The number of halogens is 4. The van der Waals surface area contributed by atoms with Gasteiger partial charge < -0.3 is 4.57 Å². The predicted octanol–water partition coefficient (Wildman–Crippen LogP) is 3.06. The molecular formula is C11H15ClF3N3O2S. The maximum Gasteiger partial charge on any atom is 0.391 e. The Kier molecular flexibility index (Phi) is 4.53. The van der Waals surface area contributed by atoms with Crippen LogP contribution in [0.5, 0.6) is 0 Å². The summed E-state index contributed by atoms with van der Waals surface area (Å²) in [6, 6.07) is 0. The highest BCUT2D eigenvalue weighted by Crippen LogP contribution is 2.42. The standard InChI is InChI=1S/C11H15ClF3N3O2S/c1-2-18-9(16-17-10(18)21(12,19)20)7-3-5-8(6-4-7)11(13,14)15/h7-8H,2-6H2,1H3. The van der Waals surface area contributed by atoms with Crippen LogP contribution in [0, 0.1) is 5.92 Å². The van der Waals surface area contributed by atoms with Crippen molar-refractivity contribution >= 4 is 19.7 Å². The Labute approximate surface area is 124 Å². The molecule has 0 saturated heterocycles. The van der Waals surface area contributed by atoms with E-state index >= 15 is 0 Å². The summed E-state index contributed by atoms with van der Waals surface area (Å²) in [5.74, 6) is -1.11. The van der Waals surface area contributed by atoms with E-state index < -0.39 is 21.1 Å². The molecule has 21 heavy (non-hydrogen) atoms. The molecule has 1 heterocycles. The normalized spacial score (nSPS) is 24.2. The smallest absolute Gasteiger partial charge is 0.301 e. The van der Waals surface area contributed by atoms with Gasteiger partial charge in [0.1, 0.15) is 5.82 Å². The summed E-state index contributed by atoms with van der Waals surface area (Å²) in [5, 5.41) is 7.06. The summed E-state index contributed by atoms with van der Waals surface area (Å²) in [4.78, 5) is 0. The molecule has 5 nitrogen and oxygen atoms in total. The molecular weight excluding hydrogens is 331 g/mol. The highest BCUT2D eigenvalue weighted by atomic mass is 35.7. The Bertz CT molecular complexity index is 607. The van der Waals surface area contributed by atoms with Gasteiger partial charge in [-0.25, -0.2) is 8.42 Å². The SMILES string of the molecule is CCn1c(C2CCC(C(F)(F)F)CC2)nnc1S(=O)(=O)Cl. The second-order valence-electron chi connectivity index (χ2n) is 5.11. The van der Waals surface area contributed by atoms with Crippen molar-refractivity contribution in [2.45, 2.75) is 56.4 Å². The number of alkyl halides is 3. The maximum absolute atomic E-state index is 12.6. The molecule has 2 rings (SSSR count). The molecule has 0 radical (unpaired) electrons. The molecule has 1 aliphatic carbocycles. The van der Waals surface area contributed by atoms with Crippen LogP contribution in [-0.2, 0) is 15.6 Å². The van der Waals surface area contributed by atoms with E-state index in [1.54, 1.807) is 6.92 Å². The second-order valence-corrected chi connectivity index (χ2v) is 7.57. The Morgan fingerprint density at radius 2 is 1.81 bits per heavy atom. The van der Waals surface area contributed by atoms with Crippen molar-refractivity contribution in [1.82, 2.24) is 14.8 Å². The Morgan fingerprint density at radius 1 is 1.24 bits per heavy atom. The van der Waals surface area contributed by atoms with Crippen molar-refractivity contribution < 1.29 is 21.6 Å². The van der Waals surface area contributed by atoms with Crippen LogP contribution in [0.1, 0.15) is 44.3 Å². The van der Waals surface area contributed by atoms with Gasteiger partial charge in [-0.15, -0.1) is 10.2 Å². The van der Waals surface area contributed by atoms with E-state index in [2.05, 4.69) is 10.2 Å². The third-order valence-electron chi connectivity index (χ3n) is 3.83. The average Bonchev–Trinajstić information content (AvgIpc) is 2.81. The zero-order valence-corrected chi connectivity index (χ0v) is 12.8. The number of rotatable bonds is 3. The third-order valence-corrected chi connectivity index (χ3v) is 4.99. The Balaban J connectivity index is 2.20. The molecule has 0 N–H and O–H groups in total. The quantitative estimate of drug-likeness (QED) is 0.790. The Morgan fingerprint density at radius 3 is 2.24 bits per heavy atom. The van der Waals surface area contributed by atoms with E-state index in [0.717, 1.165) is 0 Å². The largest absolute Gasteiger partial charge is 0.391 e. The molecule has 10 heteroatoms. The van der Waals surface area contributed by atoms with Crippen LogP contribution >= 0.6 is 10.7 Å². The number of hydrogen-bond acceptors (Lipinski definition) is 4. The molecule has 0 aromatic carbocycles. The van der Waals surface area contributed by atoms with Crippen LogP contribution < -0.4 is 0 Å². The van der Waals surface area contributed by atoms with Gasteiger partial charge in [-0.05, 0) is 32.6 Å². The van der Waals surface area contributed by atoms with E-state index in [4.69, 9.17) is 10.7 Å². The van der Waals surface area contributed by atoms with Crippen LogP contribution in [0.25, 0.3) is 0 Å². The predicted molar refractivity (Wildman–Crippen MR) is 69.5 cm³/mol. The molecule has 1 saturated carbocycles. The first-order valence-corrected chi connectivity index (χ1v) is 8.90. The van der Waals surface area contributed by atoms with Crippen molar-refractivity contribution in [2.24, 2.45) is 5.92 Å². The van der Waals surface area contributed by atoms with Gasteiger partial charge in [0, 0.05) is 23.1 Å². The molecule has 0 amide bonds. The number of nitrogens with zero attached hydrogens (tertiary/aromatic N) is 3. The summed E-state index contributed by atoms with van der Waals surface area (Å²) in [5.41, 5.74) is 0. The van der Waals surface area contributed by atoms with Gasteiger partial charge in [0.15, 0.2) is 0 Å². The summed E-state index contributed by atoms with van der Waals surface area (Å²) in [6.07, 6.45) is -3.51. The van der Waals surface area contributed by atoms with Gasteiger partial charge in [0.05, 0.1) is 5.92 Å². The fourth-order valence-corrected chi connectivity index (χ4v) is 3.73. The average molecular weight is 346 g/mol. The molecule has 1 aliphatic rings. The van der Waals surface area contributed by atoms with Crippen molar-refractivity contribution in [3.63, 3.8) is 0 Å². The van der Waals surface area contributed by atoms with Crippen molar-refractivity contribution in [2.75, 3.05) is 0 Å². The van der Waals surface area contributed by atoms with Crippen molar-refractivity contribution in [3.8, 4) is 0 Å². The minimum Gasteiger partial charge on any atom is -0.301 e. The molecule has 120 valence electrons. The van der Waals surface area contributed by atoms with Crippen LogP contribution in [0.2, 0.25) is 0 Å². The molecule has 0 unspecified atom stereocenters. The molecule has 0 atom stereocenters.